The fourth-order valence-corrected chi connectivity index (χ4v) is 2.73. The minimum Gasteiger partial charge on any atom is -0.315 e. The van der Waals surface area contributed by atoms with E-state index in [1.165, 1.54) is 0 Å². The normalized spacial score (nSPS) is 26.3. The van der Waals surface area contributed by atoms with Crippen molar-refractivity contribution < 1.29 is 4.79 Å². The largest absolute Gasteiger partial charge is 0.315 e. The Hall–Kier alpha value is -0.820. The van der Waals surface area contributed by atoms with E-state index in [-0.39, 0.29) is 5.91 Å². The molecule has 0 saturated carbocycles. The van der Waals surface area contributed by atoms with E-state index in [0.717, 1.165) is 42.4 Å². The van der Waals surface area contributed by atoms with Gasteiger partial charge in [0.15, 0.2) is 0 Å². The molecule has 0 radical (unpaired) electrons. The molecule has 0 aromatic rings. The lowest BCUT2D eigenvalue weighted by Crippen LogP contribution is -2.24. The molecule has 80 valence electrons. The summed E-state index contributed by atoms with van der Waals surface area (Å²) in [5.74, 6) is 0.592. The number of hydrogen-bond acceptors (Lipinski definition) is 2. The van der Waals surface area contributed by atoms with Crippen LogP contribution in [0.2, 0.25) is 0 Å². The van der Waals surface area contributed by atoms with E-state index >= 15 is 0 Å². The summed E-state index contributed by atoms with van der Waals surface area (Å²) in [6.07, 6.45) is 3.37. The third-order valence-corrected chi connectivity index (χ3v) is 3.99. The molecule has 1 atom stereocenters. The van der Waals surface area contributed by atoms with Crippen molar-refractivity contribution >= 4 is 21.8 Å². The zero-order valence-corrected chi connectivity index (χ0v) is 10.1. The summed E-state index contributed by atoms with van der Waals surface area (Å²) < 4.78 is 0. The first kappa shape index (κ1) is 10.7. The van der Waals surface area contributed by atoms with Crippen LogP contribution in [0.25, 0.3) is 0 Å². The Morgan fingerprint density at radius 2 is 2.33 bits per heavy atom. The standard InChI is InChI=1S/C11H13BrN2O/c12-5-8-4-11(15)14(7-8)10-3-1-2-9(10)6-13/h8H,1-5,7H2. The second-order valence-electron chi connectivity index (χ2n) is 4.12. The Kier molecular flexibility index (Phi) is 3.11. The van der Waals surface area contributed by atoms with Crippen molar-refractivity contribution in [2.75, 3.05) is 11.9 Å². The highest BCUT2D eigenvalue weighted by Crippen LogP contribution is 2.33. The van der Waals surface area contributed by atoms with E-state index in [1.807, 2.05) is 4.90 Å². The van der Waals surface area contributed by atoms with Crippen LogP contribution in [0.5, 0.6) is 0 Å². The van der Waals surface area contributed by atoms with Crippen molar-refractivity contribution in [3.05, 3.63) is 11.3 Å². The number of nitrogens with zero attached hydrogens (tertiary/aromatic N) is 2. The van der Waals surface area contributed by atoms with Gasteiger partial charge >= 0.3 is 0 Å². The fourth-order valence-electron chi connectivity index (χ4n) is 2.29. The number of amides is 1. The lowest BCUT2D eigenvalue weighted by molar-refractivity contribution is -0.126. The summed E-state index contributed by atoms with van der Waals surface area (Å²) in [6.45, 7) is 0.782. The van der Waals surface area contributed by atoms with Crippen LogP contribution in [-0.2, 0) is 4.79 Å². The molecule has 1 heterocycles. The van der Waals surface area contributed by atoms with Crippen LogP contribution >= 0.6 is 15.9 Å². The average Bonchev–Trinajstić information content (AvgIpc) is 2.82. The quantitative estimate of drug-likeness (QED) is 0.721. The van der Waals surface area contributed by atoms with E-state index in [2.05, 4.69) is 22.0 Å². The zero-order chi connectivity index (χ0) is 10.8. The molecule has 1 fully saturated rings. The van der Waals surface area contributed by atoms with Gasteiger partial charge in [-0.05, 0) is 25.2 Å². The molecule has 1 amide bonds. The highest BCUT2D eigenvalue weighted by atomic mass is 79.9. The minimum absolute atomic E-state index is 0.184. The molecule has 2 rings (SSSR count). The first-order valence-corrected chi connectivity index (χ1v) is 6.37. The van der Waals surface area contributed by atoms with E-state index in [0.29, 0.717) is 12.3 Å². The molecule has 15 heavy (non-hydrogen) atoms. The van der Waals surface area contributed by atoms with Gasteiger partial charge in [-0.2, -0.15) is 5.26 Å². The fraction of sp³-hybridized carbons (Fsp3) is 0.636. The van der Waals surface area contributed by atoms with Gasteiger partial charge in [0.05, 0.1) is 6.07 Å². The molecule has 1 aliphatic heterocycles. The maximum absolute atomic E-state index is 11.8. The molecule has 0 bridgehead atoms. The number of allylic oxidation sites excluding steroid dienone is 2. The van der Waals surface area contributed by atoms with Gasteiger partial charge in [0, 0.05) is 29.6 Å². The molecular formula is C11H13BrN2O. The number of alkyl halides is 1. The predicted molar refractivity (Wildman–Crippen MR) is 60.1 cm³/mol. The zero-order valence-electron chi connectivity index (χ0n) is 8.50. The third kappa shape index (κ3) is 1.93. The number of halogens is 1. The molecule has 4 heteroatoms. The second kappa shape index (κ2) is 4.36. The SMILES string of the molecule is N#CC1=C(N2CC(CBr)CC2=O)CCC1. The highest BCUT2D eigenvalue weighted by Gasteiger charge is 2.33. The van der Waals surface area contributed by atoms with Gasteiger partial charge in [-0.25, -0.2) is 0 Å². The second-order valence-corrected chi connectivity index (χ2v) is 4.77. The van der Waals surface area contributed by atoms with Gasteiger partial charge in [0.1, 0.15) is 0 Å². The van der Waals surface area contributed by atoms with Crippen molar-refractivity contribution in [3.63, 3.8) is 0 Å². The summed E-state index contributed by atoms with van der Waals surface area (Å²) in [5, 5.41) is 9.82. The van der Waals surface area contributed by atoms with Crippen LogP contribution in [0.1, 0.15) is 25.7 Å². The first-order chi connectivity index (χ1) is 7.26. The monoisotopic (exact) mass is 268 g/mol. The van der Waals surface area contributed by atoms with Crippen molar-refractivity contribution in [2.45, 2.75) is 25.7 Å². The van der Waals surface area contributed by atoms with Gasteiger partial charge < -0.3 is 4.90 Å². The van der Waals surface area contributed by atoms with Crippen LogP contribution in [0.3, 0.4) is 0 Å². The molecule has 1 saturated heterocycles. The lowest BCUT2D eigenvalue weighted by atomic mass is 10.2. The molecule has 0 aromatic carbocycles. The summed E-state index contributed by atoms with van der Waals surface area (Å²) in [4.78, 5) is 13.6. The van der Waals surface area contributed by atoms with Crippen molar-refractivity contribution in [2.24, 2.45) is 5.92 Å². The molecule has 0 N–H and O–H groups in total. The molecule has 1 aliphatic carbocycles. The number of carbonyl (C=O) groups is 1. The molecule has 1 unspecified atom stereocenters. The Balaban J connectivity index is 2.18. The van der Waals surface area contributed by atoms with Crippen molar-refractivity contribution in [1.82, 2.24) is 4.90 Å². The maximum atomic E-state index is 11.8. The van der Waals surface area contributed by atoms with Crippen LogP contribution in [0.4, 0.5) is 0 Å². The van der Waals surface area contributed by atoms with Gasteiger partial charge in [0.2, 0.25) is 5.91 Å². The summed E-state index contributed by atoms with van der Waals surface area (Å²) in [6, 6.07) is 2.22. The highest BCUT2D eigenvalue weighted by molar-refractivity contribution is 9.09. The lowest BCUT2D eigenvalue weighted by Gasteiger charge is -2.18. The minimum atomic E-state index is 0.184. The number of likely N-dealkylation sites (tertiary alicyclic amines) is 1. The summed E-state index contributed by atoms with van der Waals surface area (Å²) >= 11 is 3.41. The van der Waals surface area contributed by atoms with Crippen molar-refractivity contribution in [3.8, 4) is 6.07 Å². The molecule has 2 aliphatic rings. The Bertz CT molecular complexity index is 356. The van der Waals surface area contributed by atoms with Crippen LogP contribution < -0.4 is 0 Å². The topological polar surface area (TPSA) is 44.1 Å². The third-order valence-electron chi connectivity index (χ3n) is 3.07. The van der Waals surface area contributed by atoms with Crippen LogP contribution in [0.15, 0.2) is 11.3 Å². The van der Waals surface area contributed by atoms with Crippen LogP contribution in [-0.4, -0.2) is 22.7 Å². The Morgan fingerprint density at radius 3 is 2.93 bits per heavy atom. The molecule has 3 nitrogen and oxygen atoms in total. The number of nitriles is 1. The first-order valence-electron chi connectivity index (χ1n) is 5.24. The van der Waals surface area contributed by atoms with Gasteiger partial charge in [-0.3, -0.25) is 4.79 Å². The molecular weight excluding hydrogens is 256 g/mol. The van der Waals surface area contributed by atoms with Gasteiger partial charge in [-0.1, -0.05) is 15.9 Å². The number of carbonyl (C=O) groups excluding carboxylic acids is 1. The smallest absolute Gasteiger partial charge is 0.227 e. The summed E-state index contributed by atoms with van der Waals surface area (Å²) in [7, 11) is 0. The van der Waals surface area contributed by atoms with Gasteiger partial charge in [0.25, 0.3) is 0 Å². The Labute approximate surface area is 97.9 Å². The molecule has 0 aromatic heterocycles. The molecule has 0 spiro atoms. The van der Waals surface area contributed by atoms with E-state index < -0.39 is 0 Å². The van der Waals surface area contributed by atoms with Crippen LogP contribution in [0, 0.1) is 17.2 Å². The van der Waals surface area contributed by atoms with Crippen molar-refractivity contribution in [1.29, 1.82) is 5.26 Å². The van der Waals surface area contributed by atoms with E-state index in [9.17, 15) is 4.79 Å². The van der Waals surface area contributed by atoms with E-state index in [4.69, 9.17) is 5.26 Å². The van der Waals surface area contributed by atoms with Gasteiger partial charge in [-0.15, -0.1) is 0 Å². The number of rotatable bonds is 2. The van der Waals surface area contributed by atoms with E-state index in [1.54, 1.807) is 0 Å². The maximum Gasteiger partial charge on any atom is 0.227 e. The number of hydrogen-bond donors (Lipinski definition) is 0. The average molecular weight is 269 g/mol. The summed E-state index contributed by atoms with van der Waals surface area (Å²) in [5.41, 5.74) is 1.81. The predicted octanol–water partition coefficient (Wildman–Crippen LogP) is 2.19. The Morgan fingerprint density at radius 1 is 1.53 bits per heavy atom.